The van der Waals surface area contributed by atoms with Crippen molar-refractivity contribution in [2.75, 3.05) is 26.2 Å². The van der Waals surface area contributed by atoms with E-state index in [-0.39, 0.29) is 5.75 Å². The average Bonchev–Trinajstić information content (AvgIpc) is 3.23. The van der Waals surface area contributed by atoms with Gasteiger partial charge in [0.15, 0.2) is 0 Å². The Bertz CT molecular complexity index is 670. The van der Waals surface area contributed by atoms with Crippen LogP contribution in [-0.4, -0.2) is 41.3 Å². The number of nitrogens with one attached hydrogen (secondary N) is 1. The number of H-pyrrole nitrogens is 1. The quantitative estimate of drug-likeness (QED) is 0.900. The summed E-state index contributed by atoms with van der Waals surface area (Å²) >= 11 is 0. The summed E-state index contributed by atoms with van der Waals surface area (Å²) in [6.45, 7) is 5.48. The minimum atomic E-state index is -4.42. The second kappa shape index (κ2) is 6.84. The van der Waals surface area contributed by atoms with Gasteiger partial charge in [-0.05, 0) is 43.8 Å². The number of nitrogens with zero attached hydrogens (tertiary/aromatic N) is 2. The zero-order valence-corrected chi connectivity index (χ0v) is 13.4. The van der Waals surface area contributed by atoms with Crippen molar-refractivity contribution >= 4 is 0 Å². The number of rotatable bonds is 5. The summed E-state index contributed by atoms with van der Waals surface area (Å²) in [5.74, 6) is 0.597. The fourth-order valence-corrected chi connectivity index (χ4v) is 2.97. The first kappa shape index (κ1) is 16.8. The van der Waals surface area contributed by atoms with Crippen LogP contribution in [-0.2, 0) is 6.18 Å². The van der Waals surface area contributed by atoms with Gasteiger partial charge < -0.3 is 9.64 Å². The Labute approximate surface area is 138 Å². The normalized spacial score (nSPS) is 18.9. The van der Waals surface area contributed by atoms with Crippen molar-refractivity contribution in [3.8, 4) is 17.0 Å². The lowest BCUT2D eigenvalue weighted by Gasteiger charge is -2.16. The number of likely N-dealkylation sites (tertiary alicyclic amines) is 1. The number of alkyl halides is 3. The molecule has 0 spiro atoms. The molecule has 1 aromatic carbocycles. The molecule has 1 saturated heterocycles. The van der Waals surface area contributed by atoms with Gasteiger partial charge in [0.25, 0.3) is 0 Å². The van der Waals surface area contributed by atoms with Crippen molar-refractivity contribution in [3.63, 3.8) is 0 Å². The highest BCUT2D eigenvalue weighted by atomic mass is 19.4. The molecule has 24 heavy (non-hydrogen) atoms. The van der Waals surface area contributed by atoms with Crippen LogP contribution in [0.4, 0.5) is 13.2 Å². The van der Waals surface area contributed by atoms with Gasteiger partial charge in [-0.1, -0.05) is 6.92 Å². The molecule has 1 N–H and O–H groups in total. The Kier molecular flexibility index (Phi) is 4.80. The molecule has 4 nitrogen and oxygen atoms in total. The molecule has 1 unspecified atom stereocenters. The van der Waals surface area contributed by atoms with Crippen LogP contribution < -0.4 is 4.74 Å². The zero-order valence-electron chi connectivity index (χ0n) is 13.4. The molecule has 3 rings (SSSR count). The molecule has 0 saturated carbocycles. The van der Waals surface area contributed by atoms with E-state index in [2.05, 4.69) is 22.0 Å². The zero-order chi connectivity index (χ0) is 17.2. The number of ether oxygens (including phenoxy) is 1. The lowest BCUT2D eigenvalue weighted by molar-refractivity contribution is -0.137. The molecule has 1 aromatic heterocycles. The largest absolute Gasteiger partial charge is 0.493 e. The van der Waals surface area contributed by atoms with Gasteiger partial charge in [-0.3, -0.25) is 5.10 Å². The molecule has 1 fully saturated rings. The number of benzene rings is 1. The molecule has 0 bridgehead atoms. The van der Waals surface area contributed by atoms with Crippen molar-refractivity contribution < 1.29 is 17.9 Å². The van der Waals surface area contributed by atoms with Crippen LogP contribution in [0.5, 0.6) is 5.75 Å². The molecule has 1 aliphatic heterocycles. The predicted octanol–water partition coefficient (Wildman–Crippen LogP) is 3.82. The van der Waals surface area contributed by atoms with Gasteiger partial charge >= 0.3 is 6.18 Å². The molecule has 0 amide bonds. The van der Waals surface area contributed by atoms with Crippen molar-refractivity contribution in [2.24, 2.45) is 5.92 Å². The average molecular weight is 339 g/mol. The van der Waals surface area contributed by atoms with E-state index >= 15 is 0 Å². The second-order valence-electron chi connectivity index (χ2n) is 6.07. The Morgan fingerprint density at radius 2 is 2.17 bits per heavy atom. The van der Waals surface area contributed by atoms with Crippen molar-refractivity contribution in [1.29, 1.82) is 0 Å². The van der Waals surface area contributed by atoms with Gasteiger partial charge in [0.1, 0.15) is 5.75 Å². The molecule has 1 aliphatic rings. The first-order valence-electron chi connectivity index (χ1n) is 8.03. The van der Waals surface area contributed by atoms with Crippen LogP contribution in [0.3, 0.4) is 0 Å². The second-order valence-corrected chi connectivity index (χ2v) is 6.07. The summed E-state index contributed by atoms with van der Waals surface area (Å²) < 4.78 is 45.1. The smallest absolute Gasteiger partial charge is 0.416 e. The van der Waals surface area contributed by atoms with Crippen LogP contribution in [0, 0.1) is 5.92 Å². The van der Waals surface area contributed by atoms with Gasteiger partial charge in [-0.25, -0.2) is 0 Å². The number of hydrogen-bond acceptors (Lipinski definition) is 3. The number of halogens is 3. The molecule has 7 heteroatoms. The Morgan fingerprint density at radius 3 is 2.79 bits per heavy atom. The fraction of sp³-hybridized carbons (Fsp3) is 0.471. The molecule has 1 atom stereocenters. The van der Waals surface area contributed by atoms with Gasteiger partial charge in [0.2, 0.25) is 0 Å². The highest BCUT2D eigenvalue weighted by Gasteiger charge is 2.32. The minimum Gasteiger partial charge on any atom is -0.493 e. The lowest BCUT2D eigenvalue weighted by Crippen LogP contribution is -2.21. The van der Waals surface area contributed by atoms with E-state index in [4.69, 9.17) is 4.74 Å². The third kappa shape index (κ3) is 3.90. The van der Waals surface area contributed by atoms with E-state index in [0.717, 1.165) is 38.2 Å². The van der Waals surface area contributed by atoms with E-state index in [1.807, 2.05) is 0 Å². The highest BCUT2D eigenvalue weighted by molar-refractivity contribution is 5.62. The third-order valence-corrected chi connectivity index (χ3v) is 4.35. The molecule has 0 aliphatic carbocycles. The van der Waals surface area contributed by atoms with E-state index in [9.17, 15) is 13.2 Å². The summed E-state index contributed by atoms with van der Waals surface area (Å²) in [7, 11) is 0. The predicted molar refractivity (Wildman–Crippen MR) is 84.7 cm³/mol. The van der Waals surface area contributed by atoms with Crippen LogP contribution in [0.1, 0.15) is 18.9 Å². The SMILES string of the molecule is CCN1CCC(COc2cc(-c3ccn[nH]3)cc(C(F)(F)F)c2)C1. The number of aromatic nitrogens is 2. The molecule has 2 heterocycles. The van der Waals surface area contributed by atoms with Crippen LogP contribution in [0.2, 0.25) is 0 Å². The van der Waals surface area contributed by atoms with Crippen LogP contribution in [0.15, 0.2) is 30.5 Å². The first-order valence-corrected chi connectivity index (χ1v) is 8.03. The van der Waals surface area contributed by atoms with Gasteiger partial charge in [0, 0.05) is 24.2 Å². The summed E-state index contributed by atoms with van der Waals surface area (Å²) in [5.41, 5.74) is 0.231. The topological polar surface area (TPSA) is 41.1 Å². The first-order chi connectivity index (χ1) is 11.5. The fourth-order valence-electron chi connectivity index (χ4n) is 2.97. The van der Waals surface area contributed by atoms with Crippen molar-refractivity contribution in [1.82, 2.24) is 15.1 Å². The van der Waals surface area contributed by atoms with E-state index in [0.29, 0.717) is 23.8 Å². The molecule has 0 radical (unpaired) electrons. The number of hydrogen-bond donors (Lipinski definition) is 1. The molecular weight excluding hydrogens is 319 g/mol. The monoisotopic (exact) mass is 339 g/mol. The lowest BCUT2D eigenvalue weighted by atomic mass is 10.1. The maximum atomic E-state index is 13.1. The standard InChI is InChI=1S/C17H20F3N3O/c1-2-23-6-4-12(10-23)11-24-15-8-13(16-3-5-21-22-16)7-14(9-15)17(18,19)20/h3,5,7-9,12H,2,4,6,10-11H2,1H3,(H,21,22). The van der Waals surface area contributed by atoms with Crippen molar-refractivity contribution in [3.05, 3.63) is 36.0 Å². The van der Waals surface area contributed by atoms with Crippen molar-refractivity contribution in [2.45, 2.75) is 19.5 Å². The molecule has 130 valence electrons. The Hall–Kier alpha value is -2.02. The summed E-state index contributed by atoms with van der Waals surface area (Å²) in [6.07, 6.45) is -1.89. The maximum absolute atomic E-state index is 13.1. The number of aromatic amines is 1. The van der Waals surface area contributed by atoms with E-state index < -0.39 is 11.7 Å². The molecule has 2 aromatic rings. The van der Waals surface area contributed by atoms with Crippen LogP contribution in [0.25, 0.3) is 11.3 Å². The third-order valence-electron chi connectivity index (χ3n) is 4.35. The van der Waals surface area contributed by atoms with Crippen LogP contribution >= 0.6 is 0 Å². The molecular formula is C17H20F3N3O. The van der Waals surface area contributed by atoms with E-state index in [1.165, 1.54) is 6.20 Å². The minimum absolute atomic E-state index is 0.240. The van der Waals surface area contributed by atoms with Gasteiger partial charge in [-0.2, -0.15) is 18.3 Å². The Balaban J connectivity index is 1.78. The summed E-state index contributed by atoms with van der Waals surface area (Å²) in [6, 6.07) is 5.42. The van der Waals surface area contributed by atoms with Gasteiger partial charge in [0.05, 0.1) is 17.9 Å². The summed E-state index contributed by atoms with van der Waals surface area (Å²) in [5, 5.41) is 6.48. The summed E-state index contributed by atoms with van der Waals surface area (Å²) in [4.78, 5) is 2.32. The maximum Gasteiger partial charge on any atom is 0.416 e. The highest BCUT2D eigenvalue weighted by Crippen LogP contribution is 2.35. The van der Waals surface area contributed by atoms with Gasteiger partial charge in [-0.15, -0.1) is 0 Å². The Morgan fingerprint density at radius 1 is 1.33 bits per heavy atom. The van der Waals surface area contributed by atoms with E-state index in [1.54, 1.807) is 12.1 Å².